The molecule has 47 heavy (non-hydrogen) atoms. The average Bonchev–Trinajstić information content (AvgIpc) is 3.65. The fourth-order valence-corrected chi connectivity index (χ4v) is 7.52. The van der Waals surface area contributed by atoms with E-state index in [1.54, 1.807) is 26.8 Å². The number of likely N-dealkylation sites (tertiary alicyclic amines) is 2. The van der Waals surface area contributed by atoms with Crippen molar-refractivity contribution in [3.05, 3.63) is 63.5 Å². The second-order valence-corrected chi connectivity index (χ2v) is 15.7. The SMILES string of the molecule is CC(C)(C)OC(=O)N1C[C@H](O)C[C@H]1C(=O)Nc1cccc(-c2csc(SCC(=O)NC3CCN(Cc4ccc(Cl)c(Cl)c4)CC3)n2)c1. The normalized spacial score (nSPS) is 19.1. The number of aliphatic hydroxyl groups excluding tert-OH is 1. The number of halogens is 2. The highest BCUT2D eigenvalue weighted by Crippen LogP contribution is 2.30. The Morgan fingerprint density at radius 3 is 2.60 bits per heavy atom. The van der Waals surface area contributed by atoms with Gasteiger partial charge in [0.1, 0.15) is 11.6 Å². The van der Waals surface area contributed by atoms with Crippen LogP contribution in [0.3, 0.4) is 0 Å². The van der Waals surface area contributed by atoms with Crippen molar-refractivity contribution in [1.82, 2.24) is 20.1 Å². The van der Waals surface area contributed by atoms with Crippen LogP contribution in [0.2, 0.25) is 10.0 Å². The molecule has 3 aromatic rings. The highest BCUT2D eigenvalue weighted by atomic mass is 35.5. The summed E-state index contributed by atoms with van der Waals surface area (Å²) in [5.41, 5.74) is 2.48. The number of amides is 3. The predicted octanol–water partition coefficient (Wildman–Crippen LogP) is 6.30. The molecule has 2 saturated heterocycles. The molecular weight excluding hydrogens is 681 g/mol. The minimum Gasteiger partial charge on any atom is -0.444 e. The maximum absolute atomic E-state index is 13.2. The number of rotatable bonds is 9. The molecule has 2 aliphatic rings. The van der Waals surface area contributed by atoms with Gasteiger partial charge < -0.3 is 20.5 Å². The van der Waals surface area contributed by atoms with Gasteiger partial charge in [0.15, 0.2) is 4.34 Å². The van der Waals surface area contributed by atoms with Crippen LogP contribution >= 0.6 is 46.3 Å². The van der Waals surface area contributed by atoms with E-state index in [9.17, 15) is 19.5 Å². The summed E-state index contributed by atoms with van der Waals surface area (Å²) in [5, 5.41) is 19.3. The number of anilines is 1. The number of hydrogen-bond donors (Lipinski definition) is 3. The minimum absolute atomic E-state index is 0.0168. The molecule has 5 rings (SSSR count). The fourth-order valence-electron chi connectivity index (χ4n) is 5.55. The van der Waals surface area contributed by atoms with Gasteiger partial charge in [-0.15, -0.1) is 11.3 Å². The van der Waals surface area contributed by atoms with Crippen molar-refractivity contribution < 1.29 is 24.2 Å². The lowest BCUT2D eigenvalue weighted by molar-refractivity contribution is -0.120. The maximum atomic E-state index is 13.2. The van der Waals surface area contributed by atoms with Gasteiger partial charge in [0, 0.05) is 48.7 Å². The second kappa shape index (κ2) is 15.6. The highest BCUT2D eigenvalue weighted by molar-refractivity contribution is 8.01. The molecular formula is C33H39Cl2N5O5S2. The van der Waals surface area contributed by atoms with Gasteiger partial charge >= 0.3 is 6.09 Å². The predicted molar refractivity (Wildman–Crippen MR) is 187 cm³/mol. The fraction of sp³-hybridized carbons (Fsp3) is 0.455. The van der Waals surface area contributed by atoms with Crippen molar-refractivity contribution in [2.75, 3.05) is 30.7 Å². The number of piperidine rings is 1. The van der Waals surface area contributed by atoms with Crippen LogP contribution in [-0.4, -0.2) is 87.0 Å². The quantitative estimate of drug-likeness (QED) is 0.220. The number of benzene rings is 2. The molecule has 0 bridgehead atoms. The number of aromatic nitrogens is 1. The summed E-state index contributed by atoms with van der Waals surface area (Å²) >= 11 is 15.0. The van der Waals surface area contributed by atoms with Gasteiger partial charge in [-0.2, -0.15) is 0 Å². The number of carbonyl (C=O) groups excluding carboxylic acids is 3. The van der Waals surface area contributed by atoms with Crippen LogP contribution in [0.4, 0.5) is 10.5 Å². The molecule has 2 fully saturated rings. The summed E-state index contributed by atoms with van der Waals surface area (Å²) in [4.78, 5) is 46.9. The number of β-amino-alcohol motifs (C(OH)–C–C–N with tert-alkyl or cyclic N) is 1. The number of hydrogen-bond acceptors (Lipinski definition) is 9. The standard InChI is InChI=1S/C33H39Cl2N5O5S2/c1-33(2,3)45-32(44)40-17-24(41)15-28(40)30(43)37-23-6-4-5-21(14-23)27-18-46-31(38-27)47-19-29(42)36-22-9-11-39(12-10-22)16-20-7-8-25(34)26(35)13-20/h4-8,13-14,18,22,24,28,41H,9-12,15-17,19H2,1-3H3,(H,36,42)(H,37,43)/t24-,28+/m1/s1. The molecule has 0 unspecified atom stereocenters. The third-order valence-corrected chi connectivity index (χ3v) is 10.5. The van der Waals surface area contributed by atoms with Crippen LogP contribution < -0.4 is 10.6 Å². The van der Waals surface area contributed by atoms with E-state index in [1.165, 1.54) is 28.0 Å². The Labute approximate surface area is 293 Å². The molecule has 3 amide bonds. The first kappa shape index (κ1) is 35.4. The van der Waals surface area contributed by atoms with Gasteiger partial charge in [0.2, 0.25) is 11.8 Å². The maximum Gasteiger partial charge on any atom is 0.411 e. The Morgan fingerprint density at radius 1 is 1.11 bits per heavy atom. The number of thiazole rings is 1. The van der Waals surface area contributed by atoms with E-state index in [1.807, 2.05) is 41.8 Å². The molecule has 2 aromatic carbocycles. The summed E-state index contributed by atoms with van der Waals surface area (Å²) in [6, 6.07) is 12.3. The summed E-state index contributed by atoms with van der Waals surface area (Å²) in [7, 11) is 0. The van der Waals surface area contributed by atoms with Crippen molar-refractivity contribution in [2.24, 2.45) is 0 Å². The van der Waals surface area contributed by atoms with E-state index >= 15 is 0 Å². The Bertz CT molecular complexity index is 1590. The lowest BCUT2D eigenvalue weighted by Crippen LogP contribution is -2.45. The molecule has 3 N–H and O–H groups in total. The van der Waals surface area contributed by atoms with Gasteiger partial charge in [-0.1, -0.05) is 53.2 Å². The first-order valence-corrected chi connectivity index (χ1v) is 18.1. The Kier molecular flexibility index (Phi) is 11.7. The zero-order valence-electron chi connectivity index (χ0n) is 26.5. The number of carbonyl (C=O) groups is 3. The van der Waals surface area contributed by atoms with Gasteiger partial charge in [-0.05, 0) is 63.4 Å². The second-order valence-electron chi connectivity index (χ2n) is 12.8. The molecule has 0 aliphatic carbocycles. The van der Waals surface area contributed by atoms with Crippen LogP contribution in [0.15, 0.2) is 52.2 Å². The first-order chi connectivity index (χ1) is 22.3. The molecule has 0 radical (unpaired) electrons. The number of nitrogens with one attached hydrogen (secondary N) is 2. The third-order valence-electron chi connectivity index (χ3n) is 7.79. The lowest BCUT2D eigenvalue weighted by Gasteiger charge is -2.32. The van der Waals surface area contributed by atoms with Crippen molar-refractivity contribution >= 4 is 69.9 Å². The smallest absolute Gasteiger partial charge is 0.411 e. The molecule has 10 nitrogen and oxygen atoms in total. The average molecular weight is 721 g/mol. The highest BCUT2D eigenvalue weighted by Gasteiger charge is 2.41. The van der Waals surface area contributed by atoms with Crippen molar-refractivity contribution in [2.45, 2.75) is 74.7 Å². The van der Waals surface area contributed by atoms with E-state index < -0.39 is 29.7 Å². The Morgan fingerprint density at radius 2 is 1.87 bits per heavy atom. The van der Waals surface area contributed by atoms with Crippen LogP contribution in [0.1, 0.15) is 45.6 Å². The van der Waals surface area contributed by atoms with E-state index in [4.69, 9.17) is 32.9 Å². The zero-order chi connectivity index (χ0) is 33.7. The van der Waals surface area contributed by atoms with Crippen molar-refractivity contribution in [3.8, 4) is 11.3 Å². The number of nitrogens with zero attached hydrogens (tertiary/aromatic N) is 3. The van der Waals surface area contributed by atoms with Crippen LogP contribution in [0.5, 0.6) is 0 Å². The number of aliphatic hydroxyl groups is 1. The van der Waals surface area contributed by atoms with Crippen molar-refractivity contribution in [3.63, 3.8) is 0 Å². The van der Waals surface area contributed by atoms with Gasteiger partial charge in [0.05, 0.1) is 34.1 Å². The lowest BCUT2D eigenvalue weighted by atomic mass is 10.0. The van der Waals surface area contributed by atoms with E-state index in [2.05, 4.69) is 15.5 Å². The van der Waals surface area contributed by atoms with Crippen LogP contribution in [-0.2, 0) is 20.9 Å². The molecule has 1 aromatic heterocycles. The van der Waals surface area contributed by atoms with E-state index in [-0.39, 0.29) is 30.7 Å². The molecule has 252 valence electrons. The summed E-state index contributed by atoms with van der Waals surface area (Å²) in [6.45, 7) is 7.86. The van der Waals surface area contributed by atoms with Gasteiger partial charge in [-0.3, -0.25) is 19.4 Å². The first-order valence-electron chi connectivity index (χ1n) is 15.5. The molecule has 2 aliphatic heterocycles. The Hall–Kier alpha value is -2.87. The van der Waals surface area contributed by atoms with E-state index in [0.29, 0.717) is 15.7 Å². The summed E-state index contributed by atoms with van der Waals surface area (Å²) in [6.07, 6.45) is 0.450. The topological polar surface area (TPSA) is 124 Å². The van der Waals surface area contributed by atoms with Crippen LogP contribution in [0, 0.1) is 0 Å². The third kappa shape index (κ3) is 10.1. The molecule has 2 atom stereocenters. The largest absolute Gasteiger partial charge is 0.444 e. The van der Waals surface area contributed by atoms with Gasteiger partial charge in [-0.25, -0.2) is 9.78 Å². The number of thioether (sulfide) groups is 1. The summed E-state index contributed by atoms with van der Waals surface area (Å²) in [5.74, 6) is -0.146. The van der Waals surface area contributed by atoms with Crippen molar-refractivity contribution in [1.29, 1.82) is 0 Å². The molecule has 0 saturated carbocycles. The van der Waals surface area contributed by atoms with Crippen LogP contribution in [0.25, 0.3) is 11.3 Å². The van der Waals surface area contributed by atoms with Gasteiger partial charge in [0.25, 0.3) is 0 Å². The minimum atomic E-state index is -0.849. The summed E-state index contributed by atoms with van der Waals surface area (Å²) < 4.78 is 6.21. The molecule has 3 heterocycles. The Balaban J connectivity index is 1.08. The zero-order valence-corrected chi connectivity index (χ0v) is 29.6. The number of ether oxygens (including phenoxy) is 1. The van der Waals surface area contributed by atoms with E-state index in [0.717, 1.165) is 53.6 Å². The molecule has 14 heteroatoms. The molecule has 0 spiro atoms. The monoisotopic (exact) mass is 719 g/mol.